The third kappa shape index (κ3) is 3.65. The molecule has 94 valence electrons. The van der Waals surface area contributed by atoms with Gasteiger partial charge in [-0.2, -0.15) is 0 Å². The zero-order chi connectivity index (χ0) is 12.3. The molecule has 0 amide bonds. The summed E-state index contributed by atoms with van der Waals surface area (Å²) in [5.41, 5.74) is 1.31. The minimum absolute atomic E-state index is 0.502. The van der Waals surface area contributed by atoms with Crippen molar-refractivity contribution in [1.29, 1.82) is 0 Å². The van der Waals surface area contributed by atoms with Gasteiger partial charge in [-0.05, 0) is 30.7 Å². The van der Waals surface area contributed by atoms with Gasteiger partial charge in [0.25, 0.3) is 0 Å². The molecule has 0 aromatic heterocycles. The van der Waals surface area contributed by atoms with E-state index in [0.717, 1.165) is 19.3 Å². The summed E-state index contributed by atoms with van der Waals surface area (Å²) >= 11 is 0. The second-order valence-electron chi connectivity index (χ2n) is 4.60. The number of hydrogen-bond acceptors (Lipinski definition) is 1. The highest BCUT2D eigenvalue weighted by atomic mass is 31.2. The highest BCUT2D eigenvalue weighted by Crippen LogP contribution is 2.42. The highest BCUT2D eigenvalue weighted by Gasteiger charge is 2.29. The van der Waals surface area contributed by atoms with E-state index >= 15 is 0 Å². The van der Waals surface area contributed by atoms with Gasteiger partial charge in [-0.25, -0.2) is 9.24 Å². The van der Waals surface area contributed by atoms with Crippen LogP contribution in [0.3, 0.4) is 0 Å². The number of benzene rings is 1. The fraction of sp³-hybridized carbons (Fsp3) is 0.500. The smallest absolute Gasteiger partial charge is 0.312 e. The van der Waals surface area contributed by atoms with E-state index in [1.54, 1.807) is 0 Å². The van der Waals surface area contributed by atoms with Crippen LogP contribution >= 0.6 is 7.75 Å². The molecule has 0 atom stereocenters. The van der Waals surface area contributed by atoms with E-state index in [4.69, 9.17) is 9.79 Å². The maximum absolute atomic E-state index is 11.1. The second kappa shape index (κ2) is 5.32. The third-order valence-electron chi connectivity index (χ3n) is 3.33. The molecule has 0 saturated carbocycles. The standard InChI is InChI=1S/C12H18NO3P/c14-17(15,16)13-8-6-12(7-9-13)10-11-4-2-1-3-5-11/h1-5,12H,6-10H2,(H2,14,15,16). The molecule has 1 aromatic rings. The van der Waals surface area contributed by atoms with Crippen LogP contribution in [0.5, 0.6) is 0 Å². The van der Waals surface area contributed by atoms with Gasteiger partial charge in [0.2, 0.25) is 0 Å². The Kier molecular flexibility index (Phi) is 4.00. The van der Waals surface area contributed by atoms with Gasteiger partial charge in [-0.1, -0.05) is 30.3 Å². The molecule has 0 aliphatic carbocycles. The van der Waals surface area contributed by atoms with Crippen LogP contribution in [0.25, 0.3) is 0 Å². The van der Waals surface area contributed by atoms with Crippen molar-refractivity contribution in [1.82, 2.24) is 4.67 Å². The van der Waals surface area contributed by atoms with E-state index < -0.39 is 7.75 Å². The molecule has 1 fully saturated rings. The van der Waals surface area contributed by atoms with Crippen LogP contribution in [0.15, 0.2) is 30.3 Å². The van der Waals surface area contributed by atoms with Gasteiger partial charge in [-0.3, -0.25) is 0 Å². The summed E-state index contributed by atoms with van der Waals surface area (Å²) in [5.74, 6) is 0.542. The molecule has 17 heavy (non-hydrogen) atoms. The maximum atomic E-state index is 11.1. The van der Waals surface area contributed by atoms with Gasteiger partial charge in [0, 0.05) is 13.1 Å². The summed E-state index contributed by atoms with van der Waals surface area (Å²) in [6.45, 7) is 1.00. The van der Waals surface area contributed by atoms with E-state index in [0.29, 0.717) is 19.0 Å². The van der Waals surface area contributed by atoms with Gasteiger partial charge in [0.15, 0.2) is 0 Å². The lowest BCUT2D eigenvalue weighted by Gasteiger charge is -2.31. The van der Waals surface area contributed by atoms with E-state index in [1.807, 2.05) is 18.2 Å². The molecule has 1 heterocycles. The van der Waals surface area contributed by atoms with Crippen LogP contribution in [-0.2, 0) is 11.0 Å². The summed E-state index contributed by atoms with van der Waals surface area (Å²) in [4.78, 5) is 18.1. The van der Waals surface area contributed by atoms with E-state index in [2.05, 4.69) is 12.1 Å². The lowest BCUT2D eigenvalue weighted by molar-refractivity contribution is 0.212. The normalized spacial score (nSPS) is 19.4. The minimum atomic E-state index is -4.02. The van der Waals surface area contributed by atoms with E-state index in [1.165, 1.54) is 10.2 Å². The molecule has 0 spiro atoms. The van der Waals surface area contributed by atoms with Crippen LogP contribution in [0.1, 0.15) is 18.4 Å². The van der Waals surface area contributed by atoms with Gasteiger partial charge in [-0.15, -0.1) is 0 Å². The predicted octanol–water partition coefficient (Wildman–Crippen LogP) is 2.03. The highest BCUT2D eigenvalue weighted by molar-refractivity contribution is 7.49. The Bertz CT molecular complexity index is 395. The predicted molar refractivity (Wildman–Crippen MR) is 66.5 cm³/mol. The zero-order valence-electron chi connectivity index (χ0n) is 9.70. The Morgan fingerprint density at radius 2 is 1.76 bits per heavy atom. The SMILES string of the molecule is O=P(O)(O)N1CCC(Cc2ccccc2)CC1. The van der Waals surface area contributed by atoms with E-state index in [-0.39, 0.29) is 0 Å². The quantitative estimate of drug-likeness (QED) is 0.811. The fourth-order valence-corrected chi connectivity index (χ4v) is 3.08. The largest absolute Gasteiger partial charge is 0.402 e. The molecule has 0 bridgehead atoms. The molecule has 4 nitrogen and oxygen atoms in total. The summed E-state index contributed by atoms with van der Waals surface area (Å²) < 4.78 is 12.4. The van der Waals surface area contributed by atoms with Crippen molar-refractivity contribution in [2.24, 2.45) is 5.92 Å². The molecule has 1 aliphatic heterocycles. The Morgan fingerprint density at radius 1 is 1.18 bits per heavy atom. The van der Waals surface area contributed by atoms with Gasteiger partial charge >= 0.3 is 7.75 Å². The van der Waals surface area contributed by atoms with Gasteiger partial charge < -0.3 is 9.79 Å². The monoisotopic (exact) mass is 255 g/mol. The Balaban J connectivity index is 1.86. The van der Waals surface area contributed by atoms with Crippen LogP contribution in [0.4, 0.5) is 0 Å². The first-order valence-corrected chi connectivity index (χ1v) is 7.47. The van der Waals surface area contributed by atoms with Crippen molar-refractivity contribution in [3.8, 4) is 0 Å². The van der Waals surface area contributed by atoms with Crippen molar-refractivity contribution in [3.05, 3.63) is 35.9 Å². The van der Waals surface area contributed by atoms with E-state index in [9.17, 15) is 4.57 Å². The van der Waals surface area contributed by atoms with Crippen LogP contribution < -0.4 is 0 Å². The average molecular weight is 255 g/mol. The lowest BCUT2D eigenvalue weighted by Crippen LogP contribution is -2.31. The van der Waals surface area contributed by atoms with Crippen molar-refractivity contribution in [3.63, 3.8) is 0 Å². The Hall–Kier alpha value is -0.670. The molecule has 1 aromatic carbocycles. The maximum Gasteiger partial charge on any atom is 0.402 e. The molecule has 0 radical (unpaired) electrons. The van der Waals surface area contributed by atoms with Crippen LogP contribution in [-0.4, -0.2) is 27.5 Å². The van der Waals surface area contributed by atoms with Crippen molar-refractivity contribution >= 4 is 7.75 Å². The van der Waals surface area contributed by atoms with Crippen LogP contribution in [0.2, 0.25) is 0 Å². The molecule has 0 unspecified atom stereocenters. The van der Waals surface area contributed by atoms with Crippen molar-refractivity contribution in [2.75, 3.05) is 13.1 Å². The molecule has 1 aliphatic rings. The first kappa shape index (κ1) is 12.8. The fourth-order valence-electron chi connectivity index (χ4n) is 2.33. The topological polar surface area (TPSA) is 60.8 Å². The Morgan fingerprint density at radius 3 is 2.29 bits per heavy atom. The summed E-state index contributed by atoms with van der Waals surface area (Å²) in [5, 5.41) is 0. The summed E-state index contributed by atoms with van der Waals surface area (Å²) in [6.07, 6.45) is 2.73. The molecular weight excluding hydrogens is 237 g/mol. The number of rotatable bonds is 3. The zero-order valence-corrected chi connectivity index (χ0v) is 10.6. The third-order valence-corrected chi connectivity index (χ3v) is 4.46. The molecular formula is C12H18NO3P. The molecule has 2 rings (SSSR count). The number of hydrogen-bond donors (Lipinski definition) is 2. The molecule has 1 saturated heterocycles. The number of piperidine rings is 1. The molecule has 2 N–H and O–H groups in total. The van der Waals surface area contributed by atoms with Crippen LogP contribution in [0, 0.1) is 5.92 Å². The Labute approximate surface area is 101 Å². The lowest BCUT2D eigenvalue weighted by atomic mass is 9.91. The van der Waals surface area contributed by atoms with Crippen molar-refractivity contribution in [2.45, 2.75) is 19.3 Å². The number of nitrogens with zero attached hydrogens (tertiary/aromatic N) is 1. The summed E-state index contributed by atoms with van der Waals surface area (Å²) in [6, 6.07) is 10.3. The summed E-state index contributed by atoms with van der Waals surface area (Å²) in [7, 11) is -4.02. The average Bonchev–Trinajstić information content (AvgIpc) is 2.30. The second-order valence-corrected chi connectivity index (χ2v) is 6.19. The molecule has 5 heteroatoms. The van der Waals surface area contributed by atoms with Crippen molar-refractivity contribution < 1.29 is 14.4 Å². The minimum Gasteiger partial charge on any atom is -0.312 e. The van der Waals surface area contributed by atoms with Gasteiger partial charge in [0.05, 0.1) is 0 Å². The first-order chi connectivity index (χ1) is 8.05. The van der Waals surface area contributed by atoms with Gasteiger partial charge in [0.1, 0.15) is 0 Å². The first-order valence-electron chi connectivity index (χ1n) is 5.90.